The third-order valence-electron chi connectivity index (χ3n) is 3.56. The lowest BCUT2D eigenvalue weighted by Gasteiger charge is -2.26. The third-order valence-corrected chi connectivity index (χ3v) is 3.56. The van der Waals surface area contributed by atoms with E-state index in [9.17, 15) is 0 Å². The Balaban J connectivity index is 2.67. The monoisotopic (exact) mass is 276 g/mol. The van der Waals surface area contributed by atoms with Crippen LogP contribution < -0.4 is 5.73 Å². The van der Waals surface area contributed by atoms with Crippen molar-refractivity contribution in [3.8, 4) is 0 Å². The highest BCUT2D eigenvalue weighted by atomic mass is 15.1. The van der Waals surface area contributed by atoms with Crippen LogP contribution in [0.2, 0.25) is 0 Å². The molecule has 2 N–H and O–H groups in total. The molecule has 0 heterocycles. The molecule has 0 saturated carbocycles. The van der Waals surface area contributed by atoms with Gasteiger partial charge in [-0.15, -0.1) is 0 Å². The van der Waals surface area contributed by atoms with E-state index in [2.05, 4.69) is 63.8 Å². The van der Waals surface area contributed by atoms with Gasteiger partial charge in [-0.3, -0.25) is 4.90 Å². The first-order valence-electron chi connectivity index (χ1n) is 7.93. The second-order valence-electron chi connectivity index (χ2n) is 6.86. The summed E-state index contributed by atoms with van der Waals surface area (Å²) >= 11 is 0. The molecule has 0 amide bonds. The first-order chi connectivity index (χ1) is 9.42. The summed E-state index contributed by atoms with van der Waals surface area (Å²) in [5.74, 6) is 1.88. The Kier molecular flexibility index (Phi) is 7.25. The Morgan fingerprint density at radius 3 is 1.80 bits per heavy atom. The Labute approximate surface area is 125 Å². The summed E-state index contributed by atoms with van der Waals surface area (Å²) in [7, 11) is 0. The summed E-state index contributed by atoms with van der Waals surface area (Å²) in [5.41, 5.74) is 8.47. The highest BCUT2D eigenvalue weighted by Gasteiger charge is 2.10. The molecule has 20 heavy (non-hydrogen) atoms. The van der Waals surface area contributed by atoms with E-state index in [0.29, 0.717) is 24.3 Å². The number of rotatable bonds is 8. The van der Waals surface area contributed by atoms with Crippen LogP contribution in [-0.4, -0.2) is 24.5 Å². The first kappa shape index (κ1) is 17.2. The second kappa shape index (κ2) is 8.43. The fraction of sp³-hybridized carbons (Fsp3) is 0.667. The maximum atomic E-state index is 5.72. The largest absolute Gasteiger partial charge is 0.330 e. The maximum Gasteiger partial charge on any atom is 0.0233 e. The summed E-state index contributed by atoms with van der Waals surface area (Å²) < 4.78 is 0. The molecule has 1 aromatic carbocycles. The summed E-state index contributed by atoms with van der Waals surface area (Å²) in [6, 6.07) is 8.98. The van der Waals surface area contributed by atoms with Gasteiger partial charge in [0.1, 0.15) is 0 Å². The second-order valence-corrected chi connectivity index (χ2v) is 6.86. The molecule has 1 aromatic rings. The van der Waals surface area contributed by atoms with Crippen LogP contribution in [0.3, 0.4) is 0 Å². The molecule has 0 aliphatic carbocycles. The van der Waals surface area contributed by atoms with Crippen LogP contribution in [-0.2, 0) is 6.54 Å². The highest BCUT2D eigenvalue weighted by molar-refractivity contribution is 5.25. The van der Waals surface area contributed by atoms with Crippen molar-refractivity contribution >= 4 is 0 Å². The number of nitrogens with two attached hydrogens (primary N) is 1. The van der Waals surface area contributed by atoms with Crippen LogP contribution in [0.1, 0.15) is 51.7 Å². The molecule has 0 aromatic heterocycles. The minimum atomic E-state index is 0.450. The first-order valence-corrected chi connectivity index (χ1v) is 7.93. The molecule has 0 fully saturated rings. The summed E-state index contributed by atoms with van der Waals surface area (Å²) in [4.78, 5) is 2.57. The molecule has 1 rings (SSSR count). The van der Waals surface area contributed by atoms with E-state index in [1.165, 1.54) is 24.2 Å². The summed E-state index contributed by atoms with van der Waals surface area (Å²) in [5, 5.41) is 0. The van der Waals surface area contributed by atoms with Crippen LogP contribution in [0.25, 0.3) is 0 Å². The van der Waals surface area contributed by atoms with Crippen molar-refractivity contribution in [3.05, 3.63) is 35.4 Å². The highest BCUT2D eigenvalue weighted by Crippen LogP contribution is 2.16. The van der Waals surface area contributed by atoms with Gasteiger partial charge in [0.25, 0.3) is 0 Å². The Bertz CT molecular complexity index is 358. The van der Waals surface area contributed by atoms with Crippen LogP contribution in [0.5, 0.6) is 0 Å². The van der Waals surface area contributed by atoms with E-state index in [-0.39, 0.29) is 0 Å². The molecule has 0 aliphatic heterocycles. The minimum Gasteiger partial charge on any atom is -0.330 e. The van der Waals surface area contributed by atoms with E-state index in [1.807, 2.05) is 0 Å². The SMILES string of the molecule is CC(C)CN(Cc1ccc(C(C)CN)cc1)CC(C)C. The average Bonchev–Trinajstić information content (AvgIpc) is 2.37. The molecule has 0 saturated heterocycles. The maximum absolute atomic E-state index is 5.72. The molecule has 0 spiro atoms. The van der Waals surface area contributed by atoms with Gasteiger partial charge in [0.2, 0.25) is 0 Å². The smallest absolute Gasteiger partial charge is 0.0233 e. The van der Waals surface area contributed by atoms with Crippen molar-refractivity contribution in [1.29, 1.82) is 0 Å². The molecule has 0 aliphatic rings. The molecule has 1 unspecified atom stereocenters. The summed E-state index contributed by atoms with van der Waals surface area (Å²) in [6.45, 7) is 15.4. The predicted molar refractivity (Wildman–Crippen MR) is 88.9 cm³/mol. The standard InChI is InChI=1S/C18H32N2/c1-14(2)11-20(12-15(3)4)13-17-6-8-18(9-7-17)16(5)10-19/h6-9,14-16H,10-13,19H2,1-5H3. The zero-order valence-electron chi connectivity index (χ0n) is 13.9. The minimum absolute atomic E-state index is 0.450. The fourth-order valence-corrected chi connectivity index (χ4v) is 2.58. The van der Waals surface area contributed by atoms with E-state index in [1.54, 1.807) is 0 Å². The third kappa shape index (κ3) is 6.06. The number of hydrogen-bond donors (Lipinski definition) is 1. The Hall–Kier alpha value is -0.860. The van der Waals surface area contributed by atoms with E-state index < -0.39 is 0 Å². The zero-order valence-corrected chi connectivity index (χ0v) is 13.9. The van der Waals surface area contributed by atoms with Crippen molar-refractivity contribution in [1.82, 2.24) is 4.90 Å². The molecule has 2 nitrogen and oxygen atoms in total. The van der Waals surface area contributed by atoms with Gasteiger partial charge in [0.15, 0.2) is 0 Å². The predicted octanol–water partition coefficient (Wildman–Crippen LogP) is 3.86. The van der Waals surface area contributed by atoms with Crippen molar-refractivity contribution in [2.24, 2.45) is 17.6 Å². The molecular formula is C18H32N2. The molecule has 114 valence electrons. The lowest BCUT2D eigenvalue weighted by Crippen LogP contribution is -2.30. The quantitative estimate of drug-likeness (QED) is 0.781. The topological polar surface area (TPSA) is 29.3 Å². The van der Waals surface area contributed by atoms with Gasteiger partial charge >= 0.3 is 0 Å². The molecular weight excluding hydrogens is 244 g/mol. The lowest BCUT2D eigenvalue weighted by atomic mass is 10.00. The van der Waals surface area contributed by atoms with Gasteiger partial charge in [0.05, 0.1) is 0 Å². The van der Waals surface area contributed by atoms with Crippen molar-refractivity contribution < 1.29 is 0 Å². The lowest BCUT2D eigenvalue weighted by molar-refractivity contribution is 0.211. The normalized spacial score (nSPS) is 13.4. The van der Waals surface area contributed by atoms with Crippen LogP contribution in [0.15, 0.2) is 24.3 Å². The number of nitrogens with zero attached hydrogens (tertiary/aromatic N) is 1. The Morgan fingerprint density at radius 1 is 0.900 bits per heavy atom. The van der Waals surface area contributed by atoms with Gasteiger partial charge < -0.3 is 5.73 Å². The van der Waals surface area contributed by atoms with Crippen LogP contribution in [0.4, 0.5) is 0 Å². The average molecular weight is 276 g/mol. The van der Waals surface area contributed by atoms with Gasteiger partial charge in [-0.05, 0) is 35.4 Å². The van der Waals surface area contributed by atoms with Crippen LogP contribution in [0, 0.1) is 11.8 Å². The van der Waals surface area contributed by atoms with Crippen molar-refractivity contribution in [2.45, 2.75) is 47.1 Å². The number of benzene rings is 1. The van der Waals surface area contributed by atoms with Crippen molar-refractivity contribution in [2.75, 3.05) is 19.6 Å². The van der Waals surface area contributed by atoms with Gasteiger partial charge in [-0.2, -0.15) is 0 Å². The molecule has 1 atom stereocenters. The molecule has 0 bridgehead atoms. The number of hydrogen-bond acceptors (Lipinski definition) is 2. The van der Waals surface area contributed by atoms with Crippen LogP contribution >= 0.6 is 0 Å². The summed E-state index contributed by atoms with van der Waals surface area (Å²) in [6.07, 6.45) is 0. The van der Waals surface area contributed by atoms with E-state index in [0.717, 1.165) is 6.54 Å². The van der Waals surface area contributed by atoms with E-state index >= 15 is 0 Å². The zero-order chi connectivity index (χ0) is 15.1. The van der Waals surface area contributed by atoms with Gasteiger partial charge in [0, 0.05) is 19.6 Å². The van der Waals surface area contributed by atoms with Gasteiger partial charge in [-0.1, -0.05) is 58.9 Å². The Morgan fingerprint density at radius 2 is 1.40 bits per heavy atom. The fourth-order valence-electron chi connectivity index (χ4n) is 2.58. The van der Waals surface area contributed by atoms with E-state index in [4.69, 9.17) is 5.73 Å². The van der Waals surface area contributed by atoms with Gasteiger partial charge in [-0.25, -0.2) is 0 Å². The molecule has 2 heteroatoms. The molecule has 0 radical (unpaired) electrons. The van der Waals surface area contributed by atoms with Crippen molar-refractivity contribution in [3.63, 3.8) is 0 Å².